The quantitative estimate of drug-likeness (QED) is 0.520. The normalized spacial score (nSPS) is 5.10. The van der Waals surface area contributed by atoms with E-state index in [9.17, 15) is 4.79 Å². The molecule has 0 heterocycles. The Morgan fingerprint density at radius 2 is 1.70 bits per heavy atom. The highest BCUT2D eigenvalue weighted by Crippen LogP contribution is 1.55. The molecule has 2 N–H and O–H groups in total. The van der Waals surface area contributed by atoms with Gasteiger partial charge >= 0.3 is 0 Å². The summed E-state index contributed by atoms with van der Waals surface area (Å²) in [6, 6.07) is 0. The van der Waals surface area contributed by atoms with Gasteiger partial charge in [-0.1, -0.05) is 0 Å². The first-order valence-corrected chi connectivity index (χ1v) is 2.41. The molecule has 0 rings (SSSR count). The van der Waals surface area contributed by atoms with Crippen LogP contribution in [0, 0.1) is 0 Å². The Balaban J connectivity index is -0.0000000847. The van der Waals surface area contributed by atoms with E-state index in [1.54, 1.807) is 6.92 Å². The van der Waals surface area contributed by atoms with Gasteiger partial charge in [0.2, 0.25) is 0 Å². The van der Waals surface area contributed by atoms with E-state index in [4.69, 9.17) is 15.0 Å². The zero-order valence-electron chi connectivity index (χ0n) is 5.98. The maximum absolute atomic E-state index is 9.18. The molecule has 0 saturated carbocycles. The van der Waals surface area contributed by atoms with Crippen molar-refractivity contribution in [3.63, 3.8) is 0 Å². The van der Waals surface area contributed by atoms with Crippen molar-refractivity contribution in [3.05, 3.63) is 0 Å². The SMILES string of the molecule is CCOC=O.CO.O=CO. The first-order chi connectivity index (χ1) is 4.83. The van der Waals surface area contributed by atoms with Crippen LogP contribution in [0.3, 0.4) is 0 Å². The van der Waals surface area contributed by atoms with E-state index < -0.39 is 0 Å². The zero-order valence-corrected chi connectivity index (χ0v) is 5.98. The summed E-state index contributed by atoms with van der Waals surface area (Å²) in [5.41, 5.74) is 0. The number of carboxylic acid groups (broad SMARTS) is 1. The second kappa shape index (κ2) is 44.7. The lowest BCUT2D eigenvalue weighted by Gasteiger charge is -1.79. The molecule has 0 fully saturated rings. The summed E-state index contributed by atoms with van der Waals surface area (Å²) in [7, 11) is 1.00. The second-order valence-electron chi connectivity index (χ2n) is 0.657. The predicted octanol–water partition coefficient (Wildman–Crippen LogP) is -0.511. The highest BCUT2D eigenvalue weighted by Gasteiger charge is 1.60. The lowest BCUT2D eigenvalue weighted by atomic mass is 10.9. The first-order valence-electron chi connectivity index (χ1n) is 2.41. The van der Waals surface area contributed by atoms with Crippen molar-refractivity contribution < 1.29 is 24.5 Å². The van der Waals surface area contributed by atoms with Crippen molar-refractivity contribution in [2.75, 3.05) is 13.7 Å². The average molecular weight is 152 g/mol. The van der Waals surface area contributed by atoms with Crippen molar-refractivity contribution >= 4 is 12.9 Å². The van der Waals surface area contributed by atoms with Crippen LogP contribution >= 0.6 is 0 Å². The summed E-state index contributed by atoms with van der Waals surface area (Å²) in [5.74, 6) is 0. The Kier molecular flexibility index (Phi) is 71.4. The molecule has 10 heavy (non-hydrogen) atoms. The molecule has 0 atom stereocenters. The van der Waals surface area contributed by atoms with Gasteiger partial charge < -0.3 is 14.9 Å². The summed E-state index contributed by atoms with van der Waals surface area (Å²) in [5, 5.41) is 13.9. The summed E-state index contributed by atoms with van der Waals surface area (Å²) in [6.07, 6.45) is 0. The smallest absolute Gasteiger partial charge is 0.293 e. The van der Waals surface area contributed by atoms with Crippen molar-refractivity contribution in [3.8, 4) is 0 Å². The minimum absolute atomic E-state index is 0.250. The number of carbonyl (C=O) groups excluding carboxylic acids is 1. The Bertz CT molecular complexity index is 54.0. The van der Waals surface area contributed by atoms with Crippen molar-refractivity contribution in [2.24, 2.45) is 0 Å². The van der Waals surface area contributed by atoms with Gasteiger partial charge in [0.05, 0.1) is 6.61 Å². The number of hydrogen-bond acceptors (Lipinski definition) is 4. The fourth-order valence-corrected chi connectivity index (χ4v) is 0.0680. The minimum atomic E-state index is -0.250. The van der Waals surface area contributed by atoms with Gasteiger partial charge in [0.15, 0.2) is 0 Å². The Morgan fingerprint density at radius 3 is 1.70 bits per heavy atom. The van der Waals surface area contributed by atoms with E-state index in [2.05, 4.69) is 4.74 Å². The van der Waals surface area contributed by atoms with Gasteiger partial charge in [0.1, 0.15) is 0 Å². The van der Waals surface area contributed by atoms with Gasteiger partial charge in [-0.2, -0.15) is 0 Å². The monoisotopic (exact) mass is 152 g/mol. The molecule has 0 unspecified atom stereocenters. The fourth-order valence-electron chi connectivity index (χ4n) is 0.0680. The molecule has 0 aliphatic rings. The van der Waals surface area contributed by atoms with Crippen LogP contribution in [-0.4, -0.2) is 36.9 Å². The van der Waals surface area contributed by atoms with E-state index >= 15 is 0 Å². The number of carbonyl (C=O) groups is 2. The molecular weight excluding hydrogens is 140 g/mol. The Labute approximate surface area is 59.2 Å². The summed E-state index contributed by atoms with van der Waals surface area (Å²) >= 11 is 0. The minimum Gasteiger partial charge on any atom is -0.483 e. The Morgan fingerprint density at radius 1 is 1.40 bits per heavy atom. The molecular formula is C5H12O5. The molecule has 0 saturated heterocycles. The molecule has 0 aliphatic carbocycles. The third kappa shape index (κ3) is 297. The lowest BCUT2D eigenvalue weighted by Crippen LogP contribution is -1.80. The van der Waals surface area contributed by atoms with Crippen LogP contribution in [0.4, 0.5) is 0 Å². The average Bonchev–Trinajstić information content (AvgIpc) is 1.96. The van der Waals surface area contributed by atoms with Gasteiger partial charge in [-0.25, -0.2) is 0 Å². The topological polar surface area (TPSA) is 83.8 Å². The first kappa shape index (κ1) is 16.0. The van der Waals surface area contributed by atoms with Crippen molar-refractivity contribution in [1.82, 2.24) is 0 Å². The van der Waals surface area contributed by atoms with E-state index in [1.165, 1.54) is 0 Å². The third-order valence-electron chi connectivity index (χ3n) is 0.235. The van der Waals surface area contributed by atoms with Gasteiger partial charge in [0, 0.05) is 7.11 Å². The lowest BCUT2D eigenvalue weighted by molar-refractivity contribution is -0.128. The van der Waals surface area contributed by atoms with Crippen LogP contribution in [0.2, 0.25) is 0 Å². The molecule has 0 amide bonds. The van der Waals surface area contributed by atoms with Crippen molar-refractivity contribution in [1.29, 1.82) is 0 Å². The second-order valence-corrected chi connectivity index (χ2v) is 0.657. The maximum atomic E-state index is 9.18. The molecule has 0 spiro atoms. The van der Waals surface area contributed by atoms with Gasteiger partial charge in [-0.3, -0.25) is 9.59 Å². The number of aliphatic hydroxyl groups excluding tert-OH is 1. The molecule has 5 nitrogen and oxygen atoms in total. The van der Waals surface area contributed by atoms with Crippen LogP contribution in [0.15, 0.2) is 0 Å². The maximum Gasteiger partial charge on any atom is 0.293 e. The molecule has 0 radical (unpaired) electrons. The molecule has 0 aromatic carbocycles. The van der Waals surface area contributed by atoms with E-state index in [1.807, 2.05) is 0 Å². The van der Waals surface area contributed by atoms with Crippen LogP contribution in [0.5, 0.6) is 0 Å². The van der Waals surface area contributed by atoms with Crippen LogP contribution in [-0.2, 0) is 14.3 Å². The number of ether oxygens (including phenoxy) is 1. The van der Waals surface area contributed by atoms with Crippen molar-refractivity contribution in [2.45, 2.75) is 6.92 Å². The van der Waals surface area contributed by atoms with E-state index in [0.29, 0.717) is 13.1 Å². The molecule has 62 valence electrons. The summed E-state index contributed by atoms with van der Waals surface area (Å²) < 4.78 is 4.15. The fraction of sp³-hybridized carbons (Fsp3) is 0.600. The van der Waals surface area contributed by atoms with Crippen LogP contribution in [0.25, 0.3) is 0 Å². The highest BCUT2D eigenvalue weighted by atomic mass is 16.5. The summed E-state index contributed by atoms with van der Waals surface area (Å²) in [4.78, 5) is 17.5. The Hall–Kier alpha value is -1.10. The molecule has 5 heteroatoms. The van der Waals surface area contributed by atoms with Crippen LogP contribution < -0.4 is 0 Å². The highest BCUT2D eigenvalue weighted by molar-refractivity contribution is 5.36. The van der Waals surface area contributed by atoms with E-state index in [0.717, 1.165) is 7.11 Å². The summed E-state index contributed by atoms with van der Waals surface area (Å²) in [6.45, 7) is 2.41. The standard InChI is InChI=1S/C3H6O2.CH2O2.CH4O/c1-2-5-3-4;2-1-3;1-2/h3H,2H2,1H3;1H,(H,2,3);2H,1H3. The molecule has 0 bridgehead atoms. The number of aliphatic hydroxyl groups is 1. The molecule has 0 aromatic rings. The predicted molar refractivity (Wildman–Crippen MR) is 34.5 cm³/mol. The third-order valence-corrected chi connectivity index (χ3v) is 0.235. The van der Waals surface area contributed by atoms with Gasteiger partial charge in [0.25, 0.3) is 12.9 Å². The van der Waals surface area contributed by atoms with Gasteiger partial charge in [-0.05, 0) is 6.92 Å². The molecule has 0 aromatic heterocycles. The van der Waals surface area contributed by atoms with E-state index in [-0.39, 0.29) is 6.47 Å². The van der Waals surface area contributed by atoms with Gasteiger partial charge in [-0.15, -0.1) is 0 Å². The number of hydrogen-bond donors (Lipinski definition) is 2. The number of rotatable bonds is 2. The van der Waals surface area contributed by atoms with Crippen LogP contribution in [0.1, 0.15) is 6.92 Å². The molecule has 0 aliphatic heterocycles. The zero-order chi connectivity index (χ0) is 8.83. The largest absolute Gasteiger partial charge is 0.483 e.